The van der Waals surface area contributed by atoms with E-state index in [0.717, 1.165) is 45.0 Å². The van der Waals surface area contributed by atoms with Crippen LogP contribution < -0.4 is 15.0 Å². The van der Waals surface area contributed by atoms with Crippen LogP contribution in [0, 0.1) is 13.8 Å². The highest BCUT2D eigenvalue weighted by Crippen LogP contribution is 2.36. The molecule has 1 N–H and O–H groups in total. The molecule has 2 aliphatic heterocycles. The number of aryl methyl sites for hydroxylation is 2. The summed E-state index contributed by atoms with van der Waals surface area (Å²) in [6, 6.07) is 4.40. The average Bonchev–Trinajstić information content (AvgIpc) is 2.38. The minimum Gasteiger partial charge on any atom is -0.485 e. The first kappa shape index (κ1) is 13.7. The SMILES string of the molecule is Cc1cc(C)c2c(c1)OC(CN1CCNCC1)CN2C. The second kappa shape index (κ2) is 5.62. The average molecular weight is 275 g/mol. The van der Waals surface area contributed by atoms with Crippen molar-refractivity contribution in [2.24, 2.45) is 0 Å². The molecule has 1 aromatic carbocycles. The summed E-state index contributed by atoms with van der Waals surface area (Å²) in [4.78, 5) is 4.85. The first-order valence-corrected chi connectivity index (χ1v) is 7.55. The second-order valence-corrected chi connectivity index (χ2v) is 6.10. The second-order valence-electron chi connectivity index (χ2n) is 6.10. The molecule has 20 heavy (non-hydrogen) atoms. The van der Waals surface area contributed by atoms with E-state index in [4.69, 9.17) is 4.74 Å². The van der Waals surface area contributed by atoms with Crippen LogP contribution in [0.4, 0.5) is 5.69 Å². The number of piperazine rings is 1. The van der Waals surface area contributed by atoms with Crippen LogP contribution >= 0.6 is 0 Å². The van der Waals surface area contributed by atoms with Crippen LogP contribution in [0.15, 0.2) is 12.1 Å². The van der Waals surface area contributed by atoms with Crippen molar-refractivity contribution in [2.75, 3.05) is 51.2 Å². The third-order valence-corrected chi connectivity index (χ3v) is 4.23. The van der Waals surface area contributed by atoms with Gasteiger partial charge in [-0.2, -0.15) is 0 Å². The minimum absolute atomic E-state index is 0.270. The quantitative estimate of drug-likeness (QED) is 0.883. The zero-order valence-electron chi connectivity index (χ0n) is 12.8. The highest BCUT2D eigenvalue weighted by Gasteiger charge is 2.27. The first-order chi connectivity index (χ1) is 9.63. The molecule has 0 amide bonds. The molecule has 0 aliphatic carbocycles. The molecule has 2 aliphatic rings. The summed E-state index contributed by atoms with van der Waals surface area (Å²) in [5, 5.41) is 3.40. The van der Waals surface area contributed by atoms with Crippen molar-refractivity contribution in [1.82, 2.24) is 10.2 Å². The topological polar surface area (TPSA) is 27.7 Å². The molecule has 0 saturated carbocycles. The number of nitrogens with zero attached hydrogens (tertiary/aromatic N) is 2. The van der Waals surface area contributed by atoms with Crippen molar-refractivity contribution in [2.45, 2.75) is 20.0 Å². The van der Waals surface area contributed by atoms with Gasteiger partial charge in [0.1, 0.15) is 11.9 Å². The predicted molar refractivity (Wildman–Crippen MR) is 82.9 cm³/mol. The number of rotatable bonds is 2. The standard InChI is InChI=1S/C16H25N3O/c1-12-8-13(2)16-15(9-12)20-14(10-18(16)3)11-19-6-4-17-5-7-19/h8-9,14,17H,4-7,10-11H2,1-3H3. The third-order valence-electron chi connectivity index (χ3n) is 4.23. The number of benzene rings is 1. The summed E-state index contributed by atoms with van der Waals surface area (Å²) in [7, 11) is 2.18. The van der Waals surface area contributed by atoms with E-state index < -0.39 is 0 Å². The Bertz CT molecular complexity index is 483. The Kier molecular flexibility index (Phi) is 3.85. The molecule has 4 nitrogen and oxygen atoms in total. The lowest BCUT2D eigenvalue weighted by atomic mass is 10.1. The summed E-state index contributed by atoms with van der Waals surface area (Å²) >= 11 is 0. The predicted octanol–water partition coefficient (Wildman–Crippen LogP) is 1.41. The first-order valence-electron chi connectivity index (χ1n) is 7.55. The molecule has 2 heterocycles. The Balaban J connectivity index is 1.74. The number of fused-ring (bicyclic) bond motifs is 1. The van der Waals surface area contributed by atoms with Gasteiger partial charge >= 0.3 is 0 Å². The molecular weight excluding hydrogens is 250 g/mol. The van der Waals surface area contributed by atoms with E-state index in [2.05, 4.69) is 48.1 Å². The fourth-order valence-corrected chi connectivity index (χ4v) is 3.39. The largest absolute Gasteiger partial charge is 0.485 e. The number of anilines is 1. The lowest BCUT2D eigenvalue weighted by Gasteiger charge is -2.38. The van der Waals surface area contributed by atoms with E-state index in [-0.39, 0.29) is 6.10 Å². The van der Waals surface area contributed by atoms with E-state index in [1.54, 1.807) is 0 Å². The molecule has 0 spiro atoms. The van der Waals surface area contributed by atoms with Gasteiger partial charge in [0.2, 0.25) is 0 Å². The summed E-state index contributed by atoms with van der Waals surface area (Å²) in [6.45, 7) is 10.7. The fraction of sp³-hybridized carbons (Fsp3) is 0.625. The molecule has 110 valence electrons. The maximum atomic E-state index is 6.26. The van der Waals surface area contributed by atoms with Gasteiger partial charge in [0.05, 0.1) is 12.2 Å². The van der Waals surface area contributed by atoms with E-state index in [1.807, 2.05) is 0 Å². The van der Waals surface area contributed by atoms with Crippen LogP contribution in [0.3, 0.4) is 0 Å². The van der Waals surface area contributed by atoms with E-state index >= 15 is 0 Å². The Morgan fingerprint density at radius 2 is 2.00 bits per heavy atom. The van der Waals surface area contributed by atoms with Crippen LogP contribution in [0.25, 0.3) is 0 Å². The summed E-state index contributed by atoms with van der Waals surface area (Å²) in [5.41, 5.74) is 3.84. The Labute approximate surface area is 121 Å². The van der Waals surface area contributed by atoms with Crippen molar-refractivity contribution < 1.29 is 4.74 Å². The number of likely N-dealkylation sites (N-methyl/N-ethyl adjacent to an activating group) is 1. The highest BCUT2D eigenvalue weighted by atomic mass is 16.5. The molecular formula is C16H25N3O. The van der Waals surface area contributed by atoms with Gasteiger partial charge < -0.3 is 15.0 Å². The molecule has 4 heteroatoms. The third kappa shape index (κ3) is 2.76. The van der Waals surface area contributed by atoms with Gasteiger partial charge in [0, 0.05) is 39.8 Å². The lowest BCUT2D eigenvalue weighted by molar-refractivity contribution is 0.121. The summed E-state index contributed by atoms with van der Waals surface area (Å²) in [6.07, 6.45) is 0.270. The molecule has 1 fully saturated rings. The highest BCUT2D eigenvalue weighted by molar-refractivity contribution is 5.65. The zero-order chi connectivity index (χ0) is 14.1. The maximum Gasteiger partial charge on any atom is 0.143 e. The number of nitrogens with one attached hydrogen (secondary N) is 1. The summed E-state index contributed by atoms with van der Waals surface area (Å²) < 4.78 is 6.26. The number of ether oxygens (including phenoxy) is 1. The molecule has 1 saturated heterocycles. The van der Waals surface area contributed by atoms with Gasteiger partial charge in [-0.3, -0.25) is 4.90 Å². The van der Waals surface area contributed by atoms with Crippen LogP contribution in [-0.2, 0) is 0 Å². The van der Waals surface area contributed by atoms with Crippen LogP contribution in [-0.4, -0.2) is 57.3 Å². The molecule has 0 bridgehead atoms. The van der Waals surface area contributed by atoms with Crippen molar-refractivity contribution in [3.63, 3.8) is 0 Å². The number of hydrogen-bond acceptors (Lipinski definition) is 4. The van der Waals surface area contributed by atoms with Gasteiger partial charge in [-0.25, -0.2) is 0 Å². The Morgan fingerprint density at radius 3 is 2.75 bits per heavy atom. The monoisotopic (exact) mass is 275 g/mol. The van der Waals surface area contributed by atoms with Gasteiger partial charge in [0.25, 0.3) is 0 Å². The van der Waals surface area contributed by atoms with E-state index in [1.165, 1.54) is 16.8 Å². The van der Waals surface area contributed by atoms with Gasteiger partial charge in [-0.05, 0) is 31.0 Å². The van der Waals surface area contributed by atoms with Gasteiger partial charge in [-0.1, -0.05) is 6.07 Å². The molecule has 1 unspecified atom stereocenters. The van der Waals surface area contributed by atoms with Crippen molar-refractivity contribution in [1.29, 1.82) is 0 Å². The van der Waals surface area contributed by atoms with Crippen LogP contribution in [0.5, 0.6) is 5.75 Å². The molecule has 1 aromatic rings. The van der Waals surface area contributed by atoms with Crippen LogP contribution in [0.1, 0.15) is 11.1 Å². The Morgan fingerprint density at radius 1 is 1.25 bits per heavy atom. The minimum atomic E-state index is 0.270. The maximum absolute atomic E-state index is 6.26. The number of hydrogen-bond donors (Lipinski definition) is 1. The lowest BCUT2D eigenvalue weighted by Crippen LogP contribution is -2.50. The normalized spacial score (nSPS) is 23.4. The smallest absolute Gasteiger partial charge is 0.143 e. The zero-order valence-corrected chi connectivity index (χ0v) is 12.8. The van der Waals surface area contributed by atoms with Gasteiger partial charge in [0.15, 0.2) is 0 Å². The van der Waals surface area contributed by atoms with E-state index in [0.29, 0.717) is 0 Å². The molecule has 0 radical (unpaired) electrons. The van der Waals surface area contributed by atoms with Crippen LogP contribution in [0.2, 0.25) is 0 Å². The summed E-state index contributed by atoms with van der Waals surface area (Å²) in [5.74, 6) is 1.05. The van der Waals surface area contributed by atoms with Crippen molar-refractivity contribution in [3.05, 3.63) is 23.3 Å². The molecule has 0 aromatic heterocycles. The molecule has 3 rings (SSSR count). The van der Waals surface area contributed by atoms with Crippen molar-refractivity contribution >= 4 is 5.69 Å². The van der Waals surface area contributed by atoms with E-state index in [9.17, 15) is 0 Å². The fourth-order valence-electron chi connectivity index (χ4n) is 3.39. The van der Waals surface area contributed by atoms with Crippen molar-refractivity contribution in [3.8, 4) is 5.75 Å². The Hall–Kier alpha value is -1.26. The molecule has 1 atom stereocenters. The van der Waals surface area contributed by atoms with Gasteiger partial charge in [-0.15, -0.1) is 0 Å².